The van der Waals surface area contributed by atoms with E-state index in [1.807, 2.05) is 0 Å². The molecular formula is C9H12BBrN2O3. The Morgan fingerprint density at radius 3 is 2.88 bits per heavy atom. The van der Waals surface area contributed by atoms with E-state index >= 15 is 0 Å². The first-order chi connectivity index (χ1) is 7.61. The zero-order valence-electron chi connectivity index (χ0n) is 8.69. The second kappa shape index (κ2) is 4.65. The third kappa shape index (κ3) is 2.19. The van der Waals surface area contributed by atoms with Crippen LogP contribution in [0.2, 0.25) is 0 Å². The summed E-state index contributed by atoms with van der Waals surface area (Å²) in [4.78, 5) is 24.7. The quantitative estimate of drug-likeness (QED) is 0.628. The summed E-state index contributed by atoms with van der Waals surface area (Å²) in [6.45, 7) is 0.111. The van der Waals surface area contributed by atoms with Gasteiger partial charge in [-0.15, -0.1) is 0 Å². The van der Waals surface area contributed by atoms with Crippen molar-refractivity contribution < 1.29 is 14.3 Å². The summed E-state index contributed by atoms with van der Waals surface area (Å²) in [7, 11) is 1.08. The molecule has 0 radical (unpaired) electrons. The van der Waals surface area contributed by atoms with Crippen LogP contribution in [0.5, 0.6) is 0 Å². The molecule has 5 nitrogen and oxygen atoms in total. The monoisotopic (exact) mass is 286 g/mol. The minimum atomic E-state index is -0.617. The number of ether oxygens (including phenoxy) is 1. The maximum absolute atomic E-state index is 11.8. The molecule has 1 aliphatic carbocycles. The normalized spacial score (nSPS) is 32.9. The zero-order chi connectivity index (χ0) is 11.7. The Labute approximate surface area is 102 Å². The first-order valence-electron chi connectivity index (χ1n) is 5.25. The van der Waals surface area contributed by atoms with Crippen LogP contribution < -0.4 is 0 Å². The number of hydrogen-bond donors (Lipinski definition) is 1. The first-order valence-corrected chi connectivity index (χ1v) is 6.17. The molecule has 86 valence electrons. The molecule has 0 bridgehead atoms. The number of cyclic esters (lactones) is 1. The van der Waals surface area contributed by atoms with Crippen LogP contribution in [0.3, 0.4) is 0 Å². The Morgan fingerprint density at radius 1 is 1.62 bits per heavy atom. The molecule has 1 saturated carbocycles. The van der Waals surface area contributed by atoms with Crippen LogP contribution in [0.25, 0.3) is 0 Å². The van der Waals surface area contributed by atoms with Crippen LogP contribution >= 0.6 is 15.9 Å². The van der Waals surface area contributed by atoms with Gasteiger partial charge in [-0.1, -0.05) is 0 Å². The number of imide groups is 1. The zero-order valence-corrected chi connectivity index (χ0v) is 10.3. The molecule has 0 aromatic heterocycles. The van der Waals surface area contributed by atoms with Gasteiger partial charge in [0.2, 0.25) is 0 Å². The molecular weight excluding hydrogens is 275 g/mol. The van der Waals surface area contributed by atoms with Gasteiger partial charge in [0.1, 0.15) is 0 Å². The third-order valence-corrected chi connectivity index (χ3v) is 3.76. The minimum absolute atomic E-state index is 0.111. The molecule has 1 heterocycles. The summed E-state index contributed by atoms with van der Waals surface area (Å²) in [6, 6.07) is 0. The van der Waals surface area contributed by atoms with Crippen molar-refractivity contribution in [1.29, 1.82) is 5.31 Å². The molecule has 0 aromatic rings. The number of carbonyl (C=O) groups is 2. The molecule has 1 aliphatic heterocycles. The molecule has 2 amide bonds. The number of carbonyl (C=O) groups excluding carboxylic acids is 2. The van der Waals surface area contributed by atoms with E-state index in [9.17, 15) is 9.59 Å². The Morgan fingerprint density at radius 2 is 2.31 bits per heavy atom. The molecule has 1 N–H and O–H groups in total. The van der Waals surface area contributed by atoms with E-state index in [2.05, 4.69) is 15.9 Å². The van der Waals surface area contributed by atoms with Crippen molar-refractivity contribution in [3.05, 3.63) is 0 Å². The van der Waals surface area contributed by atoms with Gasteiger partial charge in [0.15, 0.2) is 0 Å². The number of halogens is 1. The van der Waals surface area contributed by atoms with Crippen molar-refractivity contribution in [2.45, 2.75) is 30.0 Å². The average molecular weight is 287 g/mol. The number of hydrogen-bond acceptors (Lipinski definition) is 4. The van der Waals surface area contributed by atoms with Crippen LogP contribution in [-0.2, 0) is 9.53 Å². The molecule has 2 fully saturated rings. The topological polar surface area (TPSA) is 70.5 Å². The van der Waals surface area contributed by atoms with Gasteiger partial charge < -0.3 is 0 Å². The number of nitrogens with zero attached hydrogens (tertiary/aromatic N) is 1. The van der Waals surface area contributed by atoms with Gasteiger partial charge in [0, 0.05) is 0 Å². The SMILES string of the molecule is N=B[C@H]1COC(=O)N1C(=O)CC1CC(Br)C1. The van der Waals surface area contributed by atoms with Crippen molar-refractivity contribution in [3.63, 3.8) is 0 Å². The molecule has 2 rings (SSSR count). The van der Waals surface area contributed by atoms with Crippen LogP contribution in [0.4, 0.5) is 4.79 Å². The van der Waals surface area contributed by atoms with Gasteiger partial charge >= 0.3 is 102 Å². The molecule has 0 spiro atoms. The first kappa shape index (κ1) is 11.8. The van der Waals surface area contributed by atoms with E-state index < -0.39 is 12.0 Å². The Bertz CT molecular complexity index is 333. The van der Waals surface area contributed by atoms with E-state index in [-0.39, 0.29) is 12.5 Å². The Hall–Kier alpha value is -0.715. The number of alkyl halides is 1. The number of nitrogens with one attached hydrogen (secondary N) is 1. The van der Waals surface area contributed by atoms with E-state index in [0.29, 0.717) is 17.2 Å². The maximum atomic E-state index is 11.8. The van der Waals surface area contributed by atoms with Crippen molar-refractivity contribution in [1.82, 2.24) is 4.90 Å². The molecule has 7 heteroatoms. The molecule has 1 atom stereocenters. The fourth-order valence-electron chi connectivity index (χ4n) is 2.01. The summed E-state index contributed by atoms with van der Waals surface area (Å²) < 4.78 is 4.75. The molecule has 16 heavy (non-hydrogen) atoms. The van der Waals surface area contributed by atoms with Crippen molar-refractivity contribution >= 4 is 35.0 Å². The molecule has 0 aromatic carbocycles. The van der Waals surface area contributed by atoms with Gasteiger partial charge in [-0.05, 0) is 0 Å². The van der Waals surface area contributed by atoms with E-state index in [4.69, 9.17) is 10.0 Å². The summed E-state index contributed by atoms with van der Waals surface area (Å²) in [5.74, 6) is -0.378. The van der Waals surface area contributed by atoms with Gasteiger partial charge in [-0.2, -0.15) is 0 Å². The van der Waals surface area contributed by atoms with Crippen molar-refractivity contribution in [2.24, 2.45) is 5.92 Å². The Kier molecular flexibility index (Phi) is 3.42. The third-order valence-electron chi connectivity index (χ3n) is 3.01. The Balaban J connectivity index is 1.92. The average Bonchev–Trinajstić information content (AvgIpc) is 2.57. The van der Waals surface area contributed by atoms with E-state index in [1.165, 1.54) is 0 Å². The van der Waals surface area contributed by atoms with Crippen LogP contribution in [-0.4, -0.2) is 41.3 Å². The fraction of sp³-hybridized carbons (Fsp3) is 0.778. The summed E-state index contributed by atoms with van der Waals surface area (Å²) >= 11 is 3.46. The summed E-state index contributed by atoms with van der Waals surface area (Å²) in [5, 5.41) is 7.13. The number of rotatable bonds is 3. The fourth-order valence-corrected chi connectivity index (χ4v) is 3.07. The van der Waals surface area contributed by atoms with Gasteiger partial charge in [-0.25, -0.2) is 0 Å². The van der Waals surface area contributed by atoms with Crippen LogP contribution in [0.15, 0.2) is 0 Å². The van der Waals surface area contributed by atoms with Gasteiger partial charge in [0.05, 0.1) is 0 Å². The number of amides is 2. The standard InChI is InChI=1S/C9H12BBrN2O3/c11-6-1-5(2-6)3-8(14)13-7(10-12)4-16-9(13)15/h5-7,12H,1-4H2/t5?,6?,7-/m1/s1. The molecule has 2 aliphatic rings. The second-order valence-corrected chi connectivity index (χ2v) is 5.51. The second-order valence-electron chi connectivity index (χ2n) is 4.21. The summed E-state index contributed by atoms with van der Waals surface area (Å²) in [5.41, 5.74) is 0. The predicted molar refractivity (Wildman–Crippen MR) is 60.5 cm³/mol. The molecule has 0 unspecified atom stereocenters. The summed E-state index contributed by atoms with van der Waals surface area (Å²) in [6.07, 6.45) is 1.71. The van der Waals surface area contributed by atoms with Gasteiger partial charge in [-0.3, -0.25) is 0 Å². The van der Waals surface area contributed by atoms with Crippen molar-refractivity contribution in [2.75, 3.05) is 6.61 Å². The van der Waals surface area contributed by atoms with Crippen LogP contribution in [0.1, 0.15) is 19.3 Å². The van der Waals surface area contributed by atoms with Crippen molar-refractivity contribution in [3.8, 4) is 0 Å². The predicted octanol–water partition coefficient (Wildman–Crippen LogP) is 1.32. The van der Waals surface area contributed by atoms with Gasteiger partial charge in [0.25, 0.3) is 0 Å². The molecule has 1 saturated heterocycles. The van der Waals surface area contributed by atoms with E-state index in [0.717, 1.165) is 24.8 Å². The van der Waals surface area contributed by atoms with Crippen LogP contribution in [0, 0.1) is 11.2 Å². The van der Waals surface area contributed by atoms with E-state index in [1.54, 1.807) is 0 Å².